The highest BCUT2D eigenvalue weighted by Crippen LogP contribution is 2.40. The number of aryl methyl sites for hydroxylation is 2. The molecule has 0 spiro atoms. The zero-order valence-electron chi connectivity index (χ0n) is 14.8. The standard InChI is InChI=1S/C18H23N5OS/c1-12-4-6-14(7-5-12)15(22-10-8-21(3)9-11-22)16-17(24)23-18(25-16)19-13(2)20-23/h4-7,15,24H,8-11H2,1-3H3/t15-/m1/s1. The minimum Gasteiger partial charge on any atom is -0.492 e. The molecule has 6 nitrogen and oxygen atoms in total. The fourth-order valence-corrected chi connectivity index (χ4v) is 4.55. The molecule has 1 aliphatic rings. The normalized spacial score (nSPS) is 18.0. The molecule has 1 saturated heterocycles. The van der Waals surface area contributed by atoms with Gasteiger partial charge in [0.2, 0.25) is 10.8 Å². The summed E-state index contributed by atoms with van der Waals surface area (Å²) in [5.74, 6) is 0.893. The van der Waals surface area contributed by atoms with E-state index in [1.807, 2.05) is 6.92 Å². The lowest BCUT2D eigenvalue weighted by molar-refractivity contribution is 0.127. The maximum atomic E-state index is 10.8. The summed E-state index contributed by atoms with van der Waals surface area (Å²) < 4.78 is 1.56. The second-order valence-corrected chi connectivity index (χ2v) is 7.80. The van der Waals surface area contributed by atoms with Gasteiger partial charge in [0.1, 0.15) is 5.82 Å². The van der Waals surface area contributed by atoms with Crippen LogP contribution in [-0.2, 0) is 0 Å². The number of likely N-dealkylation sites (N-methyl/N-ethyl adjacent to an activating group) is 1. The van der Waals surface area contributed by atoms with E-state index >= 15 is 0 Å². The lowest BCUT2D eigenvalue weighted by atomic mass is 10.0. The fraction of sp³-hybridized carbons (Fsp3) is 0.444. The first-order chi connectivity index (χ1) is 12.0. The Morgan fingerprint density at radius 3 is 2.40 bits per heavy atom. The van der Waals surface area contributed by atoms with Gasteiger partial charge >= 0.3 is 0 Å². The molecule has 4 rings (SSSR count). The van der Waals surface area contributed by atoms with Crippen LogP contribution in [0.15, 0.2) is 24.3 Å². The molecule has 3 heterocycles. The second-order valence-electron chi connectivity index (χ2n) is 6.80. The van der Waals surface area contributed by atoms with Crippen molar-refractivity contribution in [2.24, 2.45) is 0 Å². The van der Waals surface area contributed by atoms with Gasteiger partial charge in [0.15, 0.2) is 0 Å². The summed E-state index contributed by atoms with van der Waals surface area (Å²) in [5.41, 5.74) is 2.44. The van der Waals surface area contributed by atoms with E-state index in [9.17, 15) is 5.11 Å². The summed E-state index contributed by atoms with van der Waals surface area (Å²) in [6, 6.07) is 8.63. The maximum Gasteiger partial charge on any atom is 0.230 e. The minimum absolute atomic E-state index is 0.0307. The Bertz CT molecular complexity index is 877. The van der Waals surface area contributed by atoms with Crippen molar-refractivity contribution in [3.05, 3.63) is 46.1 Å². The SMILES string of the molecule is Cc1ccc([C@H](c2sc3nc(C)nn3c2O)N2CCN(C)CC2)cc1. The highest BCUT2D eigenvalue weighted by molar-refractivity contribution is 7.17. The molecule has 0 saturated carbocycles. The van der Waals surface area contributed by atoms with Crippen molar-refractivity contribution in [1.82, 2.24) is 24.4 Å². The highest BCUT2D eigenvalue weighted by atomic mass is 32.1. The van der Waals surface area contributed by atoms with Crippen LogP contribution in [0.4, 0.5) is 0 Å². The zero-order chi connectivity index (χ0) is 17.6. The Kier molecular flexibility index (Phi) is 4.23. The number of rotatable bonds is 3. The first-order valence-electron chi connectivity index (χ1n) is 8.57. The van der Waals surface area contributed by atoms with Crippen molar-refractivity contribution in [2.75, 3.05) is 33.2 Å². The van der Waals surface area contributed by atoms with E-state index in [1.165, 1.54) is 22.5 Å². The van der Waals surface area contributed by atoms with Gasteiger partial charge < -0.3 is 10.0 Å². The summed E-state index contributed by atoms with van der Waals surface area (Å²) in [6.45, 7) is 7.95. The number of hydrogen-bond acceptors (Lipinski definition) is 6. The van der Waals surface area contributed by atoms with E-state index in [1.54, 1.807) is 4.52 Å². The molecule has 1 atom stereocenters. The Morgan fingerprint density at radius 1 is 1.08 bits per heavy atom. The lowest BCUT2D eigenvalue weighted by Crippen LogP contribution is -2.46. The third-order valence-electron chi connectivity index (χ3n) is 4.85. The number of piperazine rings is 1. The van der Waals surface area contributed by atoms with Crippen molar-refractivity contribution in [3.63, 3.8) is 0 Å². The van der Waals surface area contributed by atoms with Crippen molar-refractivity contribution in [1.29, 1.82) is 0 Å². The van der Waals surface area contributed by atoms with E-state index in [0.717, 1.165) is 36.0 Å². The van der Waals surface area contributed by atoms with Crippen LogP contribution in [0.2, 0.25) is 0 Å². The number of aromatic nitrogens is 3. The van der Waals surface area contributed by atoms with Gasteiger partial charge in [-0.3, -0.25) is 4.90 Å². The van der Waals surface area contributed by atoms with Gasteiger partial charge in [0.05, 0.1) is 10.9 Å². The average Bonchev–Trinajstić information content (AvgIpc) is 3.09. The van der Waals surface area contributed by atoms with Gasteiger partial charge in [-0.25, -0.2) is 4.98 Å². The molecular formula is C18H23N5OS. The van der Waals surface area contributed by atoms with E-state index in [0.29, 0.717) is 5.82 Å². The van der Waals surface area contributed by atoms with Crippen LogP contribution >= 0.6 is 11.3 Å². The van der Waals surface area contributed by atoms with Crippen molar-refractivity contribution in [2.45, 2.75) is 19.9 Å². The Balaban J connectivity index is 1.79. The molecule has 1 fully saturated rings. The predicted molar refractivity (Wildman–Crippen MR) is 99.4 cm³/mol. The van der Waals surface area contributed by atoms with Crippen LogP contribution in [-0.4, -0.2) is 62.7 Å². The molecule has 2 aromatic heterocycles. The molecule has 1 aromatic carbocycles. The first-order valence-corrected chi connectivity index (χ1v) is 9.39. The van der Waals surface area contributed by atoms with Crippen LogP contribution in [0.5, 0.6) is 5.88 Å². The molecule has 0 bridgehead atoms. The zero-order valence-corrected chi connectivity index (χ0v) is 15.6. The van der Waals surface area contributed by atoms with Crippen LogP contribution in [0, 0.1) is 13.8 Å². The van der Waals surface area contributed by atoms with E-state index in [2.05, 4.69) is 58.1 Å². The van der Waals surface area contributed by atoms with Gasteiger partial charge in [-0.05, 0) is 26.5 Å². The Labute approximate surface area is 151 Å². The van der Waals surface area contributed by atoms with Crippen molar-refractivity contribution in [3.8, 4) is 5.88 Å². The van der Waals surface area contributed by atoms with E-state index < -0.39 is 0 Å². The molecule has 25 heavy (non-hydrogen) atoms. The summed E-state index contributed by atoms with van der Waals surface area (Å²) in [5, 5.41) is 15.1. The molecule has 0 unspecified atom stereocenters. The largest absolute Gasteiger partial charge is 0.492 e. The Morgan fingerprint density at radius 2 is 1.76 bits per heavy atom. The Hall–Kier alpha value is -1.96. The van der Waals surface area contributed by atoms with Gasteiger partial charge in [-0.1, -0.05) is 41.2 Å². The van der Waals surface area contributed by atoms with Crippen molar-refractivity contribution < 1.29 is 5.11 Å². The predicted octanol–water partition coefficient (Wildman–Crippen LogP) is 2.45. The third kappa shape index (κ3) is 3.03. The lowest BCUT2D eigenvalue weighted by Gasteiger charge is -2.37. The summed E-state index contributed by atoms with van der Waals surface area (Å²) in [4.78, 5) is 10.9. The van der Waals surface area contributed by atoms with E-state index in [-0.39, 0.29) is 11.9 Å². The summed E-state index contributed by atoms with van der Waals surface area (Å²) >= 11 is 1.53. The van der Waals surface area contributed by atoms with Gasteiger partial charge in [-0.15, -0.1) is 5.10 Å². The number of aromatic hydroxyl groups is 1. The smallest absolute Gasteiger partial charge is 0.230 e. The molecule has 7 heteroatoms. The van der Waals surface area contributed by atoms with Crippen LogP contribution < -0.4 is 0 Å². The van der Waals surface area contributed by atoms with Gasteiger partial charge in [-0.2, -0.15) is 4.52 Å². The maximum absolute atomic E-state index is 10.8. The first kappa shape index (κ1) is 16.5. The molecule has 0 aliphatic carbocycles. The molecule has 132 valence electrons. The molecular weight excluding hydrogens is 334 g/mol. The third-order valence-corrected chi connectivity index (χ3v) is 5.92. The average molecular weight is 357 g/mol. The number of fused-ring (bicyclic) bond motifs is 1. The number of benzene rings is 1. The van der Waals surface area contributed by atoms with Gasteiger partial charge in [0, 0.05) is 26.2 Å². The molecule has 0 radical (unpaired) electrons. The second kappa shape index (κ2) is 6.40. The highest BCUT2D eigenvalue weighted by Gasteiger charge is 2.30. The van der Waals surface area contributed by atoms with Crippen LogP contribution in [0.25, 0.3) is 4.96 Å². The summed E-state index contributed by atoms with van der Waals surface area (Å²) in [7, 11) is 2.15. The number of nitrogens with zero attached hydrogens (tertiary/aromatic N) is 5. The molecule has 0 amide bonds. The molecule has 1 N–H and O–H groups in total. The van der Waals surface area contributed by atoms with Crippen LogP contribution in [0.3, 0.4) is 0 Å². The van der Waals surface area contributed by atoms with Crippen LogP contribution in [0.1, 0.15) is 27.9 Å². The van der Waals surface area contributed by atoms with Crippen molar-refractivity contribution >= 4 is 16.3 Å². The van der Waals surface area contributed by atoms with E-state index in [4.69, 9.17) is 0 Å². The molecule has 3 aromatic rings. The molecule has 1 aliphatic heterocycles. The quantitative estimate of drug-likeness (QED) is 0.780. The number of thiazole rings is 1. The summed E-state index contributed by atoms with van der Waals surface area (Å²) in [6.07, 6.45) is 0. The number of hydrogen-bond donors (Lipinski definition) is 1. The monoisotopic (exact) mass is 357 g/mol. The fourth-order valence-electron chi connectivity index (χ4n) is 3.38. The topological polar surface area (TPSA) is 56.9 Å². The minimum atomic E-state index is 0.0307. The van der Waals surface area contributed by atoms with Gasteiger partial charge in [0.25, 0.3) is 0 Å².